The molecule has 0 saturated heterocycles. The van der Waals surface area contributed by atoms with E-state index in [1.165, 1.54) is 7.11 Å². The van der Waals surface area contributed by atoms with Crippen LogP contribution in [0.1, 0.15) is 26.2 Å². The number of ether oxygens (including phenoxy) is 1. The molecule has 1 atom stereocenters. The molecule has 96 valence electrons. The quantitative estimate of drug-likeness (QED) is 0.572. The summed E-state index contributed by atoms with van der Waals surface area (Å²) in [6.45, 7) is 2.04. The van der Waals surface area contributed by atoms with Gasteiger partial charge in [-0.3, -0.25) is 4.79 Å². The molecular formula is C9H19NO5S. The standard InChI is InChI=1S/C9H19NO5S/c1-8(4-5-9(11)12)10-16(13,14)7-3-6-15-2/h8,10H,3-7H2,1-2H3,(H,11,12). The van der Waals surface area contributed by atoms with E-state index in [0.717, 1.165) is 0 Å². The van der Waals surface area contributed by atoms with Crippen LogP contribution in [0.2, 0.25) is 0 Å². The summed E-state index contributed by atoms with van der Waals surface area (Å²) in [7, 11) is -1.81. The van der Waals surface area contributed by atoms with Gasteiger partial charge in [-0.25, -0.2) is 13.1 Å². The van der Waals surface area contributed by atoms with Crippen molar-refractivity contribution in [2.75, 3.05) is 19.5 Å². The van der Waals surface area contributed by atoms with Gasteiger partial charge in [0.1, 0.15) is 0 Å². The first-order valence-corrected chi connectivity index (χ1v) is 6.73. The molecule has 0 aliphatic rings. The molecule has 2 N–H and O–H groups in total. The molecule has 1 unspecified atom stereocenters. The topological polar surface area (TPSA) is 92.7 Å². The molecule has 7 heteroatoms. The number of nitrogens with one attached hydrogen (secondary N) is 1. The molecule has 0 amide bonds. The van der Waals surface area contributed by atoms with Gasteiger partial charge in [-0.15, -0.1) is 0 Å². The fraction of sp³-hybridized carbons (Fsp3) is 0.889. The highest BCUT2D eigenvalue weighted by atomic mass is 32.2. The normalized spacial score (nSPS) is 13.6. The van der Waals surface area contributed by atoms with Crippen molar-refractivity contribution in [1.82, 2.24) is 4.72 Å². The Morgan fingerprint density at radius 1 is 1.50 bits per heavy atom. The van der Waals surface area contributed by atoms with Crippen LogP contribution in [-0.4, -0.2) is 45.0 Å². The summed E-state index contributed by atoms with van der Waals surface area (Å²) >= 11 is 0. The van der Waals surface area contributed by atoms with Gasteiger partial charge in [0, 0.05) is 26.2 Å². The van der Waals surface area contributed by atoms with E-state index >= 15 is 0 Å². The molecule has 0 aromatic rings. The predicted octanol–water partition coefficient (Wildman–Crippen LogP) is 0.196. The Bertz CT molecular complexity index is 301. The van der Waals surface area contributed by atoms with E-state index in [4.69, 9.17) is 9.84 Å². The highest BCUT2D eigenvalue weighted by Crippen LogP contribution is 2.00. The molecular weight excluding hydrogens is 234 g/mol. The molecule has 0 spiro atoms. The summed E-state index contributed by atoms with van der Waals surface area (Å²) in [5.74, 6) is -0.927. The van der Waals surface area contributed by atoms with Crippen molar-refractivity contribution in [3.63, 3.8) is 0 Å². The molecule has 0 aromatic heterocycles. The molecule has 0 aliphatic carbocycles. The number of methoxy groups -OCH3 is 1. The number of sulfonamides is 1. The fourth-order valence-electron chi connectivity index (χ4n) is 1.16. The van der Waals surface area contributed by atoms with Crippen molar-refractivity contribution in [3.8, 4) is 0 Å². The predicted molar refractivity (Wildman–Crippen MR) is 59.7 cm³/mol. The van der Waals surface area contributed by atoms with Crippen LogP contribution < -0.4 is 4.72 Å². The van der Waals surface area contributed by atoms with Crippen LogP contribution in [0.25, 0.3) is 0 Å². The minimum absolute atomic E-state index is 0.00173. The van der Waals surface area contributed by atoms with Gasteiger partial charge in [0.2, 0.25) is 10.0 Å². The lowest BCUT2D eigenvalue weighted by Crippen LogP contribution is -2.35. The lowest BCUT2D eigenvalue weighted by molar-refractivity contribution is -0.137. The second kappa shape index (κ2) is 7.59. The lowest BCUT2D eigenvalue weighted by Gasteiger charge is -2.12. The molecule has 0 saturated carbocycles. The third-order valence-corrected chi connectivity index (χ3v) is 3.52. The molecule has 0 aliphatic heterocycles. The van der Waals surface area contributed by atoms with Crippen molar-refractivity contribution in [2.24, 2.45) is 0 Å². The van der Waals surface area contributed by atoms with Crippen LogP contribution in [0.3, 0.4) is 0 Å². The largest absolute Gasteiger partial charge is 0.481 e. The summed E-state index contributed by atoms with van der Waals surface area (Å²) in [4.78, 5) is 10.3. The van der Waals surface area contributed by atoms with Gasteiger partial charge in [-0.05, 0) is 19.8 Å². The third kappa shape index (κ3) is 8.63. The van der Waals surface area contributed by atoms with E-state index in [9.17, 15) is 13.2 Å². The van der Waals surface area contributed by atoms with Crippen LogP contribution in [0.5, 0.6) is 0 Å². The Morgan fingerprint density at radius 3 is 2.62 bits per heavy atom. The summed E-state index contributed by atoms with van der Waals surface area (Å²) in [5, 5.41) is 8.44. The maximum Gasteiger partial charge on any atom is 0.303 e. The first kappa shape index (κ1) is 15.3. The van der Waals surface area contributed by atoms with Gasteiger partial charge in [0.05, 0.1) is 5.75 Å². The number of aliphatic carboxylic acids is 1. The van der Waals surface area contributed by atoms with Gasteiger partial charge in [0.15, 0.2) is 0 Å². The Morgan fingerprint density at radius 2 is 2.12 bits per heavy atom. The van der Waals surface area contributed by atoms with E-state index in [0.29, 0.717) is 19.4 Å². The second-order valence-electron chi connectivity index (χ2n) is 3.62. The minimum Gasteiger partial charge on any atom is -0.481 e. The van der Waals surface area contributed by atoms with Crippen LogP contribution in [0.4, 0.5) is 0 Å². The maximum absolute atomic E-state index is 11.4. The molecule has 16 heavy (non-hydrogen) atoms. The highest BCUT2D eigenvalue weighted by Gasteiger charge is 2.14. The number of rotatable bonds is 9. The van der Waals surface area contributed by atoms with Crippen molar-refractivity contribution in [3.05, 3.63) is 0 Å². The maximum atomic E-state index is 11.4. The average molecular weight is 253 g/mol. The van der Waals surface area contributed by atoms with E-state index in [1.807, 2.05) is 0 Å². The molecule has 0 radical (unpaired) electrons. The van der Waals surface area contributed by atoms with Crippen molar-refractivity contribution < 1.29 is 23.1 Å². The first-order valence-electron chi connectivity index (χ1n) is 5.08. The average Bonchev–Trinajstić information content (AvgIpc) is 2.14. The Hall–Kier alpha value is -0.660. The summed E-state index contributed by atoms with van der Waals surface area (Å²) in [6.07, 6.45) is 0.679. The Kier molecular flexibility index (Phi) is 7.27. The summed E-state index contributed by atoms with van der Waals surface area (Å²) in [5.41, 5.74) is 0. The zero-order valence-corrected chi connectivity index (χ0v) is 10.4. The number of carboxylic acid groups (broad SMARTS) is 1. The van der Waals surface area contributed by atoms with Crippen LogP contribution in [0.15, 0.2) is 0 Å². The summed E-state index contributed by atoms with van der Waals surface area (Å²) < 4.78 is 30.1. The SMILES string of the molecule is COCCCS(=O)(=O)NC(C)CCC(=O)O. The smallest absolute Gasteiger partial charge is 0.303 e. The van der Waals surface area contributed by atoms with E-state index in [1.54, 1.807) is 6.92 Å². The van der Waals surface area contributed by atoms with Gasteiger partial charge < -0.3 is 9.84 Å². The molecule has 6 nitrogen and oxygen atoms in total. The fourth-order valence-corrected chi connectivity index (χ4v) is 2.50. The zero-order valence-electron chi connectivity index (χ0n) is 9.60. The van der Waals surface area contributed by atoms with E-state index < -0.39 is 16.0 Å². The number of hydrogen-bond donors (Lipinski definition) is 2. The minimum atomic E-state index is -3.32. The number of hydrogen-bond acceptors (Lipinski definition) is 4. The van der Waals surface area contributed by atoms with Crippen molar-refractivity contribution in [1.29, 1.82) is 0 Å². The molecule has 0 aromatic carbocycles. The molecule has 0 bridgehead atoms. The van der Waals surface area contributed by atoms with Crippen molar-refractivity contribution in [2.45, 2.75) is 32.2 Å². The van der Waals surface area contributed by atoms with E-state index in [2.05, 4.69) is 4.72 Å². The number of carboxylic acids is 1. The molecule has 0 fully saturated rings. The Balaban J connectivity index is 3.90. The van der Waals surface area contributed by atoms with Crippen LogP contribution >= 0.6 is 0 Å². The summed E-state index contributed by atoms with van der Waals surface area (Å²) in [6, 6.07) is -0.358. The van der Waals surface area contributed by atoms with Gasteiger partial charge in [-0.1, -0.05) is 0 Å². The highest BCUT2D eigenvalue weighted by molar-refractivity contribution is 7.89. The van der Waals surface area contributed by atoms with Crippen LogP contribution in [0, 0.1) is 0 Å². The van der Waals surface area contributed by atoms with Gasteiger partial charge in [0.25, 0.3) is 0 Å². The first-order chi connectivity index (χ1) is 7.37. The number of carbonyl (C=O) groups is 1. The van der Waals surface area contributed by atoms with E-state index in [-0.39, 0.29) is 18.2 Å². The monoisotopic (exact) mass is 253 g/mol. The Labute approximate surface area is 96.0 Å². The molecule has 0 heterocycles. The molecule has 0 rings (SSSR count). The van der Waals surface area contributed by atoms with Crippen molar-refractivity contribution >= 4 is 16.0 Å². The van der Waals surface area contributed by atoms with Gasteiger partial charge in [-0.2, -0.15) is 0 Å². The van der Waals surface area contributed by atoms with Crippen LogP contribution in [-0.2, 0) is 19.6 Å². The van der Waals surface area contributed by atoms with Gasteiger partial charge >= 0.3 is 5.97 Å². The second-order valence-corrected chi connectivity index (χ2v) is 5.49. The lowest BCUT2D eigenvalue weighted by atomic mass is 10.2. The zero-order chi connectivity index (χ0) is 12.6. The third-order valence-electron chi connectivity index (χ3n) is 1.93.